The van der Waals surface area contributed by atoms with Gasteiger partial charge in [0.15, 0.2) is 0 Å². The van der Waals surface area contributed by atoms with Crippen LogP contribution in [-0.2, 0) is 19.6 Å². The van der Waals surface area contributed by atoms with Crippen molar-refractivity contribution in [3.05, 3.63) is 51.5 Å². The summed E-state index contributed by atoms with van der Waals surface area (Å²) in [5.74, 6) is -0.497. The SMILES string of the molecule is CCOC(=O)CN(c1cc(OC(C)C)c(Cl)cc1Cl)S(=O)(=O)c1ccc(Cl)cc1. The molecule has 29 heavy (non-hydrogen) atoms. The molecule has 0 atom stereocenters. The number of anilines is 1. The Morgan fingerprint density at radius 1 is 1.07 bits per heavy atom. The van der Waals surface area contributed by atoms with Crippen LogP contribution in [0.1, 0.15) is 20.8 Å². The lowest BCUT2D eigenvalue weighted by Gasteiger charge is -2.25. The molecule has 0 aliphatic rings. The molecule has 0 bridgehead atoms. The number of hydrogen-bond donors (Lipinski definition) is 0. The van der Waals surface area contributed by atoms with Crippen molar-refractivity contribution >= 4 is 56.5 Å². The summed E-state index contributed by atoms with van der Waals surface area (Å²) < 4.78 is 38.0. The van der Waals surface area contributed by atoms with Gasteiger partial charge in [0.2, 0.25) is 0 Å². The maximum atomic E-state index is 13.3. The topological polar surface area (TPSA) is 72.9 Å². The molecule has 0 aliphatic carbocycles. The summed E-state index contributed by atoms with van der Waals surface area (Å²) >= 11 is 18.3. The molecule has 0 N–H and O–H groups in total. The molecule has 158 valence electrons. The zero-order valence-corrected chi connectivity index (χ0v) is 19.1. The number of esters is 1. The Morgan fingerprint density at radius 2 is 1.69 bits per heavy atom. The first kappa shape index (κ1) is 23.6. The number of benzene rings is 2. The molecule has 0 heterocycles. The van der Waals surface area contributed by atoms with Crippen molar-refractivity contribution in [1.82, 2.24) is 0 Å². The van der Waals surface area contributed by atoms with Crippen molar-refractivity contribution < 1.29 is 22.7 Å². The standard InChI is InChI=1S/C19H20Cl3NO5S/c1-4-27-19(24)11-23(29(25,26)14-7-5-13(20)6-8-14)17-10-18(28-12(2)3)16(22)9-15(17)21/h5-10,12H,4,11H2,1-3H3. The number of ether oxygens (including phenoxy) is 2. The van der Waals surface area contributed by atoms with E-state index in [4.69, 9.17) is 44.3 Å². The van der Waals surface area contributed by atoms with Crippen molar-refractivity contribution in [2.45, 2.75) is 31.8 Å². The van der Waals surface area contributed by atoms with E-state index in [1.165, 1.54) is 36.4 Å². The summed E-state index contributed by atoms with van der Waals surface area (Å²) in [5, 5.41) is 0.624. The molecule has 0 saturated carbocycles. The van der Waals surface area contributed by atoms with Crippen LogP contribution < -0.4 is 9.04 Å². The number of rotatable bonds is 8. The molecule has 2 aromatic carbocycles. The summed E-state index contributed by atoms with van der Waals surface area (Å²) in [5.41, 5.74) is 0.0368. The van der Waals surface area contributed by atoms with Crippen LogP contribution in [0.4, 0.5) is 5.69 Å². The molecule has 10 heteroatoms. The number of nitrogens with zero attached hydrogens (tertiary/aromatic N) is 1. The van der Waals surface area contributed by atoms with Gasteiger partial charge in [-0.15, -0.1) is 0 Å². The minimum atomic E-state index is -4.17. The van der Waals surface area contributed by atoms with Crippen LogP contribution in [-0.4, -0.2) is 33.6 Å². The average Bonchev–Trinajstić information content (AvgIpc) is 2.62. The predicted molar refractivity (Wildman–Crippen MR) is 115 cm³/mol. The van der Waals surface area contributed by atoms with Crippen LogP contribution in [0.25, 0.3) is 0 Å². The van der Waals surface area contributed by atoms with E-state index in [1.807, 2.05) is 0 Å². The first-order valence-electron chi connectivity index (χ1n) is 8.65. The van der Waals surface area contributed by atoms with Gasteiger partial charge in [-0.3, -0.25) is 9.10 Å². The van der Waals surface area contributed by atoms with Crippen LogP contribution in [0, 0.1) is 0 Å². The van der Waals surface area contributed by atoms with E-state index in [-0.39, 0.29) is 39.1 Å². The first-order chi connectivity index (χ1) is 13.6. The summed E-state index contributed by atoms with van der Waals surface area (Å²) in [6, 6.07) is 8.31. The van der Waals surface area contributed by atoms with Crippen molar-refractivity contribution in [2.75, 3.05) is 17.5 Å². The van der Waals surface area contributed by atoms with E-state index in [1.54, 1.807) is 20.8 Å². The molecule has 0 amide bonds. The molecule has 0 spiro atoms. The van der Waals surface area contributed by atoms with Gasteiger partial charge in [-0.2, -0.15) is 0 Å². The number of halogens is 3. The normalized spacial score (nSPS) is 11.4. The molecule has 2 aromatic rings. The lowest BCUT2D eigenvalue weighted by atomic mass is 10.3. The van der Waals surface area contributed by atoms with E-state index < -0.39 is 22.5 Å². The number of carbonyl (C=O) groups excluding carboxylic acids is 1. The lowest BCUT2D eigenvalue weighted by molar-refractivity contribution is -0.141. The fourth-order valence-electron chi connectivity index (χ4n) is 2.41. The molecule has 0 saturated heterocycles. The highest BCUT2D eigenvalue weighted by molar-refractivity contribution is 7.92. The molecule has 0 fully saturated rings. The van der Waals surface area contributed by atoms with Crippen molar-refractivity contribution in [3.8, 4) is 5.75 Å². The number of sulfonamides is 1. The van der Waals surface area contributed by atoms with Gasteiger partial charge in [0.1, 0.15) is 12.3 Å². The highest BCUT2D eigenvalue weighted by Crippen LogP contribution is 2.39. The van der Waals surface area contributed by atoms with Crippen LogP contribution in [0.5, 0.6) is 5.75 Å². The third-order valence-corrected chi connectivity index (χ3v) is 6.24. The molecule has 2 rings (SSSR count). The molecule has 0 unspecified atom stereocenters. The minimum Gasteiger partial charge on any atom is -0.489 e. The van der Waals surface area contributed by atoms with Gasteiger partial charge in [-0.05, 0) is 51.1 Å². The smallest absolute Gasteiger partial charge is 0.326 e. The molecular weight excluding hydrogens is 461 g/mol. The van der Waals surface area contributed by atoms with E-state index in [0.29, 0.717) is 5.02 Å². The second-order valence-electron chi connectivity index (χ2n) is 6.17. The second kappa shape index (κ2) is 9.89. The largest absolute Gasteiger partial charge is 0.489 e. The summed E-state index contributed by atoms with van der Waals surface area (Å²) in [4.78, 5) is 12.1. The maximum Gasteiger partial charge on any atom is 0.326 e. The van der Waals surface area contributed by atoms with E-state index in [0.717, 1.165) is 4.31 Å². The third kappa shape index (κ3) is 5.92. The Balaban J connectivity index is 2.62. The van der Waals surface area contributed by atoms with Crippen molar-refractivity contribution in [3.63, 3.8) is 0 Å². The molecular formula is C19H20Cl3NO5S. The Morgan fingerprint density at radius 3 is 2.24 bits per heavy atom. The molecule has 0 aromatic heterocycles. The van der Waals surface area contributed by atoms with Gasteiger partial charge >= 0.3 is 5.97 Å². The van der Waals surface area contributed by atoms with Gasteiger partial charge in [0.05, 0.1) is 33.3 Å². The van der Waals surface area contributed by atoms with Gasteiger partial charge in [-0.1, -0.05) is 34.8 Å². The first-order valence-corrected chi connectivity index (χ1v) is 11.2. The van der Waals surface area contributed by atoms with Crippen molar-refractivity contribution in [1.29, 1.82) is 0 Å². The third-order valence-electron chi connectivity index (χ3n) is 3.61. The monoisotopic (exact) mass is 479 g/mol. The fraction of sp³-hybridized carbons (Fsp3) is 0.316. The summed E-state index contributed by atoms with van der Waals surface area (Å²) in [7, 11) is -4.17. The summed E-state index contributed by atoms with van der Waals surface area (Å²) in [6.45, 7) is 4.74. The zero-order chi connectivity index (χ0) is 21.8. The van der Waals surface area contributed by atoms with Crippen LogP contribution in [0.3, 0.4) is 0 Å². The molecule has 6 nitrogen and oxygen atoms in total. The second-order valence-corrected chi connectivity index (χ2v) is 9.28. The number of carbonyl (C=O) groups is 1. The lowest BCUT2D eigenvalue weighted by Crippen LogP contribution is -2.37. The average molecular weight is 481 g/mol. The highest BCUT2D eigenvalue weighted by atomic mass is 35.5. The van der Waals surface area contributed by atoms with Gasteiger partial charge < -0.3 is 9.47 Å². The minimum absolute atomic E-state index is 0.0351. The van der Waals surface area contributed by atoms with Crippen LogP contribution in [0.15, 0.2) is 41.3 Å². The summed E-state index contributed by atoms with van der Waals surface area (Å²) in [6.07, 6.45) is -0.215. The predicted octanol–water partition coefficient (Wildman–Crippen LogP) is 5.19. The van der Waals surface area contributed by atoms with Crippen LogP contribution >= 0.6 is 34.8 Å². The van der Waals surface area contributed by atoms with Gasteiger partial charge in [0, 0.05) is 11.1 Å². The van der Waals surface area contributed by atoms with Gasteiger partial charge in [-0.25, -0.2) is 8.42 Å². The Hall–Kier alpha value is -1.67. The maximum absolute atomic E-state index is 13.3. The van der Waals surface area contributed by atoms with E-state index >= 15 is 0 Å². The Kier molecular flexibility index (Phi) is 8.05. The Labute approximate surface area is 185 Å². The Bertz CT molecular complexity index is 978. The van der Waals surface area contributed by atoms with Crippen molar-refractivity contribution in [2.24, 2.45) is 0 Å². The molecule has 0 aliphatic heterocycles. The van der Waals surface area contributed by atoms with E-state index in [9.17, 15) is 13.2 Å². The number of hydrogen-bond acceptors (Lipinski definition) is 5. The highest BCUT2D eigenvalue weighted by Gasteiger charge is 2.30. The fourth-order valence-corrected chi connectivity index (χ4v) is 4.54. The molecule has 0 radical (unpaired) electrons. The van der Waals surface area contributed by atoms with Gasteiger partial charge in [0.25, 0.3) is 10.0 Å². The van der Waals surface area contributed by atoms with Crippen LogP contribution in [0.2, 0.25) is 15.1 Å². The quantitative estimate of drug-likeness (QED) is 0.486. The van der Waals surface area contributed by atoms with E-state index in [2.05, 4.69) is 0 Å². The zero-order valence-electron chi connectivity index (χ0n) is 16.0.